The number of nitrogens with zero attached hydrogens (tertiary/aromatic N) is 4. The number of aromatic nitrogens is 3. The van der Waals surface area contributed by atoms with Crippen molar-refractivity contribution in [1.29, 1.82) is 0 Å². The molecule has 1 saturated carbocycles. The highest BCUT2D eigenvalue weighted by Crippen LogP contribution is 2.58. The lowest BCUT2D eigenvalue weighted by Crippen LogP contribution is -2.60. The third-order valence-electron chi connectivity index (χ3n) is 8.22. The van der Waals surface area contributed by atoms with Gasteiger partial charge >= 0.3 is 0 Å². The quantitative estimate of drug-likeness (QED) is 0.257. The number of allylic oxidation sites excluding steroid dienone is 2. The van der Waals surface area contributed by atoms with Crippen molar-refractivity contribution < 1.29 is 34.1 Å². The van der Waals surface area contributed by atoms with Crippen LogP contribution in [0.25, 0.3) is 5.76 Å². The lowest BCUT2D eigenvalue weighted by Gasteiger charge is -2.53. The Labute approximate surface area is 236 Å². The second-order valence-electron chi connectivity index (χ2n) is 10.7. The topological polar surface area (TPSA) is 184 Å². The number of ketones is 1. The normalized spacial score (nSPS) is 26.6. The van der Waals surface area contributed by atoms with Crippen LogP contribution in [0, 0.1) is 17.7 Å². The Bertz CT molecular complexity index is 1580. The predicted octanol–water partition coefficient (Wildman–Crippen LogP) is 1.59. The van der Waals surface area contributed by atoms with Gasteiger partial charge in [-0.2, -0.15) is 0 Å². The monoisotopic (exact) mass is 584 g/mol. The maximum atomic E-state index is 15.5. The Balaban J connectivity index is 1.63. The minimum Gasteiger partial charge on any atom is -0.510 e. The number of likely N-dealkylation sites (N-methyl/N-ethyl adjacent to an activating group) is 1. The molecular weight excluding hydrogens is 554 g/mol. The van der Waals surface area contributed by atoms with Gasteiger partial charge in [0.25, 0.3) is 5.91 Å². The smallest absolute Gasteiger partial charge is 0.252 e. The van der Waals surface area contributed by atoms with Gasteiger partial charge in [0.05, 0.1) is 34.2 Å². The first-order chi connectivity index (χ1) is 19.3. The lowest BCUT2D eigenvalue weighted by molar-refractivity contribution is -0.121. The number of aromatic hydroxyl groups is 1. The number of hydrogen-bond donors (Lipinski definition) is 5. The summed E-state index contributed by atoms with van der Waals surface area (Å²) >= 11 is 0. The Morgan fingerprint density at radius 3 is 2.63 bits per heavy atom. The van der Waals surface area contributed by atoms with Crippen LogP contribution >= 0.6 is 9.24 Å². The van der Waals surface area contributed by atoms with E-state index in [0.717, 1.165) is 6.07 Å². The minimum atomic E-state index is -1.46. The highest BCUT2D eigenvalue weighted by atomic mass is 31.0. The van der Waals surface area contributed by atoms with E-state index in [-0.39, 0.29) is 58.7 Å². The summed E-state index contributed by atoms with van der Waals surface area (Å²) in [4.78, 5) is 41.0. The van der Waals surface area contributed by atoms with Crippen LogP contribution in [0.15, 0.2) is 47.0 Å². The third-order valence-corrected chi connectivity index (χ3v) is 9.22. The van der Waals surface area contributed by atoms with Crippen molar-refractivity contribution in [3.05, 3.63) is 64.0 Å². The standard InChI is InChI=1S/C27H30FN6O6P/c1-4-13-20(26(29)40)24(38)21(33(2)3)14-8-11-7-12-15(28)9-16(31-17(35)10-34-6-5-30-32-34)22(36)19(12)23(37)18(11)25(39)27(13,14)41/h4-6,9,11,14,21,36-38H,7-8,10,41H2,1-3H3,(H2,29,40)(H,31,35)/t11-,14-,21-,27-/m0/s1. The summed E-state index contributed by atoms with van der Waals surface area (Å²) in [6.07, 6.45) is 4.58. The highest BCUT2D eigenvalue weighted by Gasteiger charge is 2.60. The van der Waals surface area contributed by atoms with E-state index >= 15 is 4.39 Å². The molecule has 2 amide bonds. The zero-order valence-electron chi connectivity index (χ0n) is 22.6. The maximum Gasteiger partial charge on any atom is 0.252 e. The van der Waals surface area contributed by atoms with Crippen molar-refractivity contribution >= 4 is 38.3 Å². The van der Waals surface area contributed by atoms with Gasteiger partial charge in [0, 0.05) is 29.3 Å². The number of nitrogens with two attached hydrogens (primary N) is 1. The molecule has 1 heterocycles. The molecule has 5 atom stereocenters. The van der Waals surface area contributed by atoms with Crippen molar-refractivity contribution in [3.63, 3.8) is 0 Å². The molecule has 1 aromatic carbocycles. The zero-order valence-corrected chi connectivity index (χ0v) is 23.7. The van der Waals surface area contributed by atoms with Crippen LogP contribution in [0.3, 0.4) is 0 Å². The number of nitrogens with one attached hydrogen (secondary N) is 1. The molecule has 0 aliphatic heterocycles. The number of phenols is 1. The first-order valence-corrected chi connectivity index (χ1v) is 13.4. The van der Waals surface area contributed by atoms with Crippen LogP contribution in [0.2, 0.25) is 0 Å². The van der Waals surface area contributed by atoms with E-state index in [2.05, 4.69) is 24.9 Å². The first-order valence-electron chi connectivity index (χ1n) is 12.8. The maximum absolute atomic E-state index is 15.5. The van der Waals surface area contributed by atoms with Gasteiger partial charge in [-0.3, -0.25) is 19.3 Å². The number of fused-ring (bicyclic) bond motifs is 3. The Kier molecular flexibility index (Phi) is 6.99. The Morgan fingerprint density at radius 1 is 1.34 bits per heavy atom. The number of phenolic OH excluding ortho intramolecular Hbond substituents is 1. The summed E-state index contributed by atoms with van der Waals surface area (Å²) in [5.41, 5.74) is 5.06. The Hall–Kier alpha value is -4.09. The highest BCUT2D eigenvalue weighted by molar-refractivity contribution is 7.22. The molecule has 3 aliphatic rings. The van der Waals surface area contributed by atoms with Crippen molar-refractivity contribution in [1.82, 2.24) is 19.9 Å². The van der Waals surface area contributed by atoms with Gasteiger partial charge in [-0.15, -0.1) is 14.3 Å². The van der Waals surface area contributed by atoms with Crippen molar-refractivity contribution in [2.24, 2.45) is 17.6 Å². The summed E-state index contributed by atoms with van der Waals surface area (Å²) in [7, 11) is 5.91. The van der Waals surface area contributed by atoms with Crippen LogP contribution in [-0.4, -0.2) is 78.1 Å². The lowest BCUT2D eigenvalue weighted by atomic mass is 9.57. The molecule has 216 valence electrons. The molecular formula is C27H30FN6O6P. The summed E-state index contributed by atoms with van der Waals surface area (Å²) in [5.74, 6) is -5.58. The molecule has 0 saturated heterocycles. The van der Waals surface area contributed by atoms with Crippen LogP contribution in [0.4, 0.5) is 10.1 Å². The van der Waals surface area contributed by atoms with E-state index in [1.165, 1.54) is 23.2 Å². The van der Waals surface area contributed by atoms with Gasteiger partial charge in [-0.1, -0.05) is 11.3 Å². The molecule has 1 unspecified atom stereocenters. The van der Waals surface area contributed by atoms with Gasteiger partial charge in [0.15, 0.2) is 11.5 Å². The van der Waals surface area contributed by atoms with Gasteiger partial charge in [-0.25, -0.2) is 9.07 Å². The van der Waals surface area contributed by atoms with E-state index in [4.69, 9.17) is 5.73 Å². The summed E-state index contributed by atoms with van der Waals surface area (Å²) < 4.78 is 16.7. The summed E-state index contributed by atoms with van der Waals surface area (Å²) in [6, 6.07) is 0.194. The van der Waals surface area contributed by atoms with Crippen molar-refractivity contribution in [3.8, 4) is 5.75 Å². The average Bonchev–Trinajstić information content (AvgIpc) is 3.40. The number of aliphatic hydroxyl groups is 2. The van der Waals surface area contributed by atoms with Gasteiger partial charge in [-0.05, 0) is 45.4 Å². The number of anilines is 1. The van der Waals surface area contributed by atoms with Gasteiger partial charge < -0.3 is 26.4 Å². The molecule has 12 nitrogen and oxygen atoms in total. The molecule has 0 radical (unpaired) electrons. The minimum absolute atomic E-state index is 0.00635. The van der Waals surface area contributed by atoms with Crippen LogP contribution in [0.1, 0.15) is 24.5 Å². The van der Waals surface area contributed by atoms with Crippen LogP contribution in [-0.2, 0) is 27.3 Å². The van der Waals surface area contributed by atoms with Crippen molar-refractivity contribution in [2.45, 2.75) is 37.5 Å². The molecule has 0 spiro atoms. The van der Waals surface area contributed by atoms with Crippen LogP contribution < -0.4 is 11.1 Å². The zero-order chi connectivity index (χ0) is 30.0. The molecule has 6 N–H and O–H groups in total. The number of carbonyl (C=O) groups excluding carboxylic acids is 3. The Morgan fingerprint density at radius 2 is 2.05 bits per heavy atom. The average molecular weight is 585 g/mol. The fraction of sp³-hybridized carbons (Fsp3) is 0.370. The SMILES string of the molecule is CC=C1C(C(N)=O)=C(O)[C@@H](N(C)C)[C@@H]2C[C@@H]3Cc4c(F)cc(NC(=O)Cn5ccnn5)c(O)c4C(O)=C3C(=O)[C@]12P. The molecule has 1 aromatic heterocycles. The molecule has 0 bridgehead atoms. The largest absolute Gasteiger partial charge is 0.510 e. The van der Waals surface area contributed by atoms with Crippen LogP contribution in [0.5, 0.6) is 5.75 Å². The summed E-state index contributed by atoms with van der Waals surface area (Å²) in [5, 5.41) is 42.0. The van der Waals surface area contributed by atoms with E-state index in [1.54, 1.807) is 25.9 Å². The van der Waals surface area contributed by atoms with Crippen molar-refractivity contribution in [2.75, 3.05) is 19.4 Å². The number of aliphatic hydroxyl groups excluding tert-OH is 2. The first kappa shape index (κ1) is 28.4. The fourth-order valence-electron chi connectivity index (χ4n) is 6.57. The number of halogens is 1. The second kappa shape index (κ2) is 10.1. The molecule has 41 heavy (non-hydrogen) atoms. The van der Waals surface area contributed by atoms with Gasteiger partial charge in [0.1, 0.15) is 23.9 Å². The van der Waals surface area contributed by atoms with E-state index in [0.29, 0.717) is 0 Å². The molecule has 1 fully saturated rings. The number of benzene rings is 1. The molecule has 5 rings (SSSR count). The third kappa shape index (κ3) is 4.22. The summed E-state index contributed by atoms with van der Waals surface area (Å²) in [6.45, 7) is 1.36. The van der Waals surface area contributed by atoms with E-state index in [1.807, 2.05) is 0 Å². The number of amides is 2. The van der Waals surface area contributed by atoms with E-state index in [9.17, 15) is 29.7 Å². The number of Topliss-reactive ketones (excluding diaryl/α,β-unsaturated/α-hetero) is 1. The number of hydrogen-bond acceptors (Lipinski definition) is 9. The predicted molar refractivity (Wildman–Crippen MR) is 149 cm³/mol. The molecule has 3 aliphatic carbocycles. The molecule has 14 heteroatoms. The molecule has 2 aromatic rings. The number of rotatable bonds is 5. The van der Waals surface area contributed by atoms with Gasteiger partial charge in [0.2, 0.25) is 5.91 Å². The number of carbonyl (C=O) groups is 3. The number of primary amides is 1. The second-order valence-corrected chi connectivity index (χ2v) is 11.6. The van der Waals surface area contributed by atoms with E-state index < -0.39 is 58.0 Å². The fourth-order valence-corrected chi connectivity index (χ4v) is 7.35.